The zero-order chi connectivity index (χ0) is 12.4. The Labute approximate surface area is 102 Å². The Morgan fingerprint density at radius 2 is 2.24 bits per heavy atom. The van der Waals surface area contributed by atoms with Crippen LogP contribution in [0.4, 0.5) is 5.69 Å². The summed E-state index contributed by atoms with van der Waals surface area (Å²) in [5.41, 5.74) is 2.71. The molecule has 0 spiro atoms. The zero-order valence-electron chi connectivity index (χ0n) is 10.7. The van der Waals surface area contributed by atoms with E-state index in [0.29, 0.717) is 0 Å². The van der Waals surface area contributed by atoms with E-state index in [2.05, 4.69) is 15.7 Å². The van der Waals surface area contributed by atoms with Crippen LogP contribution in [0.3, 0.4) is 0 Å². The highest BCUT2D eigenvalue weighted by atomic mass is 16.2. The summed E-state index contributed by atoms with van der Waals surface area (Å²) in [5.74, 6) is 0.0592. The van der Waals surface area contributed by atoms with Crippen LogP contribution in [0.5, 0.6) is 0 Å². The summed E-state index contributed by atoms with van der Waals surface area (Å²) in [6, 6.07) is -0.0530. The van der Waals surface area contributed by atoms with Gasteiger partial charge in [0.05, 0.1) is 23.1 Å². The van der Waals surface area contributed by atoms with Crippen LogP contribution < -0.4 is 10.6 Å². The lowest BCUT2D eigenvalue weighted by Crippen LogP contribution is -2.43. The largest absolute Gasteiger partial charge is 0.322 e. The molecule has 2 N–H and O–H groups in total. The van der Waals surface area contributed by atoms with Crippen molar-refractivity contribution >= 4 is 11.6 Å². The maximum atomic E-state index is 12.1. The van der Waals surface area contributed by atoms with Crippen LogP contribution in [-0.4, -0.2) is 28.3 Å². The third-order valence-electron chi connectivity index (χ3n) is 3.38. The molecule has 0 unspecified atom stereocenters. The van der Waals surface area contributed by atoms with Gasteiger partial charge in [-0.1, -0.05) is 6.42 Å². The minimum atomic E-state index is -0.0530. The highest BCUT2D eigenvalue weighted by Gasteiger charge is 2.22. The fourth-order valence-electron chi connectivity index (χ4n) is 2.24. The van der Waals surface area contributed by atoms with Crippen molar-refractivity contribution in [2.24, 2.45) is 7.05 Å². The molecule has 94 valence electrons. The van der Waals surface area contributed by atoms with Crippen LogP contribution in [0.1, 0.15) is 30.7 Å². The predicted molar refractivity (Wildman–Crippen MR) is 67.0 cm³/mol. The van der Waals surface area contributed by atoms with Crippen LogP contribution >= 0.6 is 0 Å². The monoisotopic (exact) mass is 236 g/mol. The Hall–Kier alpha value is -1.36. The number of aromatic nitrogens is 2. The quantitative estimate of drug-likeness (QED) is 0.809. The second-order valence-corrected chi connectivity index (χ2v) is 4.66. The number of piperidine rings is 1. The molecule has 1 aromatic rings. The first-order valence-corrected chi connectivity index (χ1v) is 6.14. The first-order valence-electron chi connectivity index (χ1n) is 6.14. The second kappa shape index (κ2) is 4.87. The van der Waals surface area contributed by atoms with Crippen LogP contribution in [0.15, 0.2) is 0 Å². The highest BCUT2D eigenvalue weighted by Crippen LogP contribution is 2.19. The molecule has 1 aliphatic heterocycles. The van der Waals surface area contributed by atoms with Gasteiger partial charge in [0.15, 0.2) is 0 Å². The number of hydrogen-bond donors (Lipinski definition) is 2. The van der Waals surface area contributed by atoms with Crippen molar-refractivity contribution in [1.82, 2.24) is 15.1 Å². The van der Waals surface area contributed by atoms with E-state index in [1.54, 1.807) is 4.68 Å². The Bertz CT molecular complexity index is 418. The van der Waals surface area contributed by atoms with Crippen molar-refractivity contribution in [2.75, 3.05) is 11.9 Å². The molecule has 0 saturated carbocycles. The summed E-state index contributed by atoms with van der Waals surface area (Å²) in [6.07, 6.45) is 3.20. The third-order valence-corrected chi connectivity index (χ3v) is 3.38. The van der Waals surface area contributed by atoms with E-state index < -0.39 is 0 Å². The molecule has 1 saturated heterocycles. The smallest absolute Gasteiger partial charge is 0.241 e. The molecule has 0 radical (unpaired) electrons. The lowest BCUT2D eigenvalue weighted by atomic mass is 10.0. The van der Waals surface area contributed by atoms with Crippen LogP contribution in [-0.2, 0) is 11.8 Å². The Kier molecular flexibility index (Phi) is 3.47. The van der Waals surface area contributed by atoms with Gasteiger partial charge in [-0.2, -0.15) is 5.10 Å². The van der Waals surface area contributed by atoms with Gasteiger partial charge in [0.1, 0.15) is 0 Å². The van der Waals surface area contributed by atoms with Gasteiger partial charge in [-0.3, -0.25) is 9.48 Å². The normalized spacial score (nSPS) is 20.3. The summed E-state index contributed by atoms with van der Waals surface area (Å²) in [5, 5.41) is 10.5. The minimum absolute atomic E-state index is 0.0530. The molecule has 0 aromatic carbocycles. The van der Waals surface area contributed by atoms with Crippen molar-refractivity contribution in [2.45, 2.75) is 39.2 Å². The predicted octanol–water partition coefficient (Wildman–Crippen LogP) is 1.12. The number of nitrogens with zero attached hydrogens (tertiary/aromatic N) is 2. The van der Waals surface area contributed by atoms with Crippen molar-refractivity contribution < 1.29 is 4.79 Å². The molecule has 2 rings (SSSR count). The fourth-order valence-corrected chi connectivity index (χ4v) is 2.24. The van der Waals surface area contributed by atoms with Gasteiger partial charge in [0.25, 0.3) is 0 Å². The van der Waals surface area contributed by atoms with Crippen molar-refractivity contribution in [3.05, 3.63) is 11.4 Å². The van der Waals surface area contributed by atoms with E-state index in [0.717, 1.165) is 42.9 Å². The van der Waals surface area contributed by atoms with Gasteiger partial charge in [-0.05, 0) is 33.2 Å². The van der Waals surface area contributed by atoms with Gasteiger partial charge in [0, 0.05) is 7.05 Å². The molecule has 5 heteroatoms. The van der Waals surface area contributed by atoms with Crippen LogP contribution in [0, 0.1) is 13.8 Å². The molecule has 1 aromatic heterocycles. The Balaban J connectivity index is 2.07. The van der Waals surface area contributed by atoms with E-state index in [9.17, 15) is 4.79 Å². The number of rotatable bonds is 2. The molecule has 5 nitrogen and oxygen atoms in total. The maximum absolute atomic E-state index is 12.1. The number of anilines is 1. The lowest BCUT2D eigenvalue weighted by Gasteiger charge is -2.22. The maximum Gasteiger partial charge on any atom is 0.241 e. The first kappa shape index (κ1) is 12.1. The van der Waals surface area contributed by atoms with E-state index in [4.69, 9.17) is 0 Å². The average molecular weight is 236 g/mol. The van der Waals surface area contributed by atoms with Gasteiger partial charge in [0.2, 0.25) is 5.91 Å². The molecule has 1 amide bonds. The molecule has 1 atom stereocenters. The van der Waals surface area contributed by atoms with Crippen molar-refractivity contribution in [1.29, 1.82) is 0 Å². The molecule has 2 heterocycles. The SMILES string of the molecule is Cc1nn(C)c(C)c1NC(=O)[C@H]1CCCCN1. The van der Waals surface area contributed by atoms with E-state index in [1.165, 1.54) is 0 Å². The number of carbonyl (C=O) groups is 1. The average Bonchev–Trinajstić information content (AvgIpc) is 2.57. The topological polar surface area (TPSA) is 59.0 Å². The van der Waals surface area contributed by atoms with Gasteiger partial charge in [-0.25, -0.2) is 0 Å². The van der Waals surface area contributed by atoms with E-state index >= 15 is 0 Å². The van der Waals surface area contributed by atoms with E-state index in [-0.39, 0.29) is 11.9 Å². The standard InChI is InChI=1S/C12H20N4O/c1-8-11(9(2)16(3)15-8)14-12(17)10-6-4-5-7-13-10/h10,13H,4-7H2,1-3H3,(H,14,17)/t10-/m1/s1. The number of aryl methyl sites for hydroxylation is 2. The molecular weight excluding hydrogens is 216 g/mol. The number of amides is 1. The Morgan fingerprint density at radius 1 is 1.47 bits per heavy atom. The van der Waals surface area contributed by atoms with Gasteiger partial charge >= 0.3 is 0 Å². The second-order valence-electron chi connectivity index (χ2n) is 4.66. The van der Waals surface area contributed by atoms with Crippen LogP contribution in [0.25, 0.3) is 0 Å². The summed E-state index contributed by atoms with van der Waals surface area (Å²) in [7, 11) is 1.89. The number of carbonyl (C=O) groups excluding carboxylic acids is 1. The zero-order valence-corrected chi connectivity index (χ0v) is 10.7. The summed E-state index contributed by atoms with van der Waals surface area (Å²) in [4.78, 5) is 12.1. The van der Waals surface area contributed by atoms with Crippen molar-refractivity contribution in [3.8, 4) is 0 Å². The molecule has 0 bridgehead atoms. The molecule has 0 aliphatic carbocycles. The van der Waals surface area contributed by atoms with E-state index in [1.807, 2.05) is 20.9 Å². The van der Waals surface area contributed by atoms with Crippen molar-refractivity contribution in [3.63, 3.8) is 0 Å². The number of hydrogen-bond acceptors (Lipinski definition) is 3. The molecule has 17 heavy (non-hydrogen) atoms. The fraction of sp³-hybridized carbons (Fsp3) is 0.667. The molecular formula is C12H20N4O. The summed E-state index contributed by atoms with van der Waals surface area (Å²) >= 11 is 0. The number of nitrogens with one attached hydrogen (secondary N) is 2. The van der Waals surface area contributed by atoms with Crippen LogP contribution in [0.2, 0.25) is 0 Å². The Morgan fingerprint density at radius 3 is 2.76 bits per heavy atom. The highest BCUT2D eigenvalue weighted by molar-refractivity contribution is 5.95. The minimum Gasteiger partial charge on any atom is -0.322 e. The molecule has 1 fully saturated rings. The van der Waals surface area contributed by atoms with Gasteiger partial charge in [-0.15, -0.1) is 0 Å². The van der Waals surface area contributed by atoms with Gasteiger partial charge < -0.3 is 10.6 Å². The lowest BCUT2D eigenvalue weighted by molar-refractivity contribution is -0.118. The summed E-state index contributed by atoms with van der Waals surface area (Å²) < 4.78 is 1.79. The first-order chi connectivity index (χ1) is 8.09. The molecule has 1 aliphatic rings. The summed E-state index contributed by atoms with van der Waals surface area (Å²) in [6.45, 7) is 4.81. The third kappa shape index (κ3) is 2.49.